The summed E-state index contributed by atoms with van der Waals surface area (Å²) in [6.07, 6.45) is 5.06. The molecule has 2 unspecified atom stereocenters. The summed E-state index contributed by atoms with van der Waals surface area (Å²) < 4.78 is 5.42. The van der Waals surface area contributed by atoms with Crippen LogP contribution in [0.4, 0.5) is 11.4 Å². The van der Waals surface area contributed by atoms with Crippen molar-refractivity contribution in [2.24, 2.45) is 5.92 Å². The van der Waals surface area contributed by atoms with Crippen LogP contribution in [0, 0.1) is 5.92 Å². The number of hydrogen-bond acceptors (Lipinski definition) is 5. The summed E-state index contributed by atoms with van der Waals surface area (Å²) in [5.41, 5.74) is 1.23. The Bertz CT molecular complexity index is 765. The predicted octanol–water partition coefficient (Wildman–Crippen LogP) is 2.48. The Morgan fingerprint density at radius 3 is 2.62 bits per heavy atom. The quantitative estimate of drug-likeness (QED) is 0.844. The van der Waals surface area contributed by atoms with E-state index >= 15 is 0 Å². The fourth-order valence-corrected chi connectivity index (χ4v) is 3.58. The van der Waals surface area contributed by atoms with Crippen molar-refractivity contribution in [2.75, 3.05) is 36.5 Å². The molecule has 0 radical (unpaired) electrons. The van der Waals surface area contributed by atoms with Gasteiger partial charge in [0.25, 0.3) is 0 Å². The molecule has 2 atom stereocenters. The second-order valence-corrected chi connectivity index (χ2v) is 6.73. The van der Waals surface area contributed by atoms with Gasteiger partial charge >= 0.3 is 5.97 Å². The van der Waals surface area contributed by atoms with E-state index in [1.807, 2.05) is 31.2 Å². The van der Waals surface area contributed by atoms with Gasteiger partial charge in [-0.3, -0.25) is 9.59 Å². The van der Waals surface area contributed by atoms with Gasteiger partial charge in [0.05, 0.1) is 24.6 Å². The SMILES string of the molecule is CC(=O)C1(Nc2ccccc2N2CCOCC2)C=C(C)C=CC1C(=O)O. The lowest BCUT2D eigenvalue weighted by molar-refractivity contribution is -0.143. The van der Waals surface area contributed by atoms with Gasteiger partial charge in [0.2, 0.25) is 0 Å². The minimum atomic E-state index is -1.31. The van der Waals surface area contributed by atoms with E-state index in [1.165, 1.54) is 6.92 Å². The van der Waals surface area contributed by atoms with Gasteiger partial charge in [0, 0.05) is 13.1 Å². The number of nitrogens with one attached hydrogen (secondary N) is 1. The van der Waals surface area contributed by atoms with E-state index in [-0.39, 0.29) is 5.78 Å². The molecule has 0 saturated carbocycles. The Balaban J connectivity index is 2.03. The number of rotatable bonds is 5. The zero-order chi connectivity index (χ0) is 18.7. The number of hydrogen-bond donors (Lipinski definition) is 2. The zero-order valence-electron chi connectivity index (χ0n) is 15.1. The number of carbonyl (C=O) groups excluding carboxylic acids is 1. The van der Waals surface area contributed by atoms with Crippen LogP contribution in [-0.4, -0.2) is 48.7 Å². The summed E-state index contributed by atoms with van der Waals surface area (Å²) in [6, 6.07) is 7.68. The minimum Gasteiger partial charge on any atom is -0.481 e. The third-order valence-electron chi connectivity index (χ3n) is 4.94. The number of carboxylic acid groups (broad SMARTS) is 1. The third kappa shape index (κ3) is 3.37. The first-order chi connectivity index (χ1) is 12.4. The minimum absolute atomic E-state index is 0.231. The van der Waals surface area contributed by atoms with Crippen molar-refractivity contribution in [3.8, 4) is 0 Å². The summed E-state index contributed by atoms with van der Waals surface area (Å²) in [7, 11) is 0. The first kappa shape index (κ1) is 18.2. The Morgan fingerprint density at radius 1 is 1.27 bits per heavy atom. The number of ether oxygens (including phenoxy) is 1. The molecular formula is C20H24N2O4. The summed E-state index contributed by atoms with van der Waals surface area (Å²) in [4.78, 5) is 26.7. The predicted molar refractivity (Wildman–Crippen MR) is 101 cm³/mol. The maximum Gasteiger partial charge on any atom is 0.313 e. The Hall–Kier alpha value is -2.60. The van der Waals surface area contributed by atoms with E-state index < -0.39 is 17.4 Å². The standard InChI is InChI=1S/C20H24N2O4/c1-14-7-8-16(19(24)25)20(13-14,15(2)23)21-17-5-3-4-6-18(17)22-9-11-26-12-10-22/h3-8,13,16,21H,9-12H2,1-2H3,(H,24,25). The number of aliphatic carboxylic acids is 1. The molecule has 0 bridgehead atoms. The molecule has 1 fully saturated rings. The van der Waals surface area contributed by atoms with Gasteiger partial charge in [-0.2, -0.15) is 0 Å². The first-order valence-corrected chi connectivity index (χ1v) is 8.75. The van der Waals surface area contributed by atoms with E-state index in [4.69, 9.17) is 4.74 Å². The average Bonchev–Trinajstić information content (AvgIpc) is 2.62. The molecule has 0 aromatic heterocycles. The van der Waals surface area contributed by atoms with Gasteiger partial charge in [0.15, 0.2) is 5.78 Å². The number of Topliss-reactive ketones (excluding diaryl/α,β-unsaturated/α-hetero) is 1. The average molecular weight is 356 g/mol. The van der Waals surface area contributed by atoms with E-state index in [0.29, 0.717) is 13.2 Å². The van der Waals surface area contributed by atoms with Gasteiger partial charge in [-0.05, 0) is 32.1 Å². The maximum atomic E-state index is 12.6. The molecule has 0 spiro atoms. The largest absolute Gasteiger partial charge is 0.481 e. The highest BCUT2D eigenvalue weighted by Crippen LogP contribution is 2.36. The number of morpholine rings is 1. The van der Waals surface area contributed by atoms with Crippen molar-refractivity contribution in [1.29, 1.82) is 0 Å². The molecule has 6 heteroatoms. The van der Waals surface area contributed by atoms with Gasteiger partial charge < -0.3 is 20.1 Å². The number of para-hydroxylation sites is 2. The van der Waals surface area contributed by atoms with Crippen molar-refractivity contribution < 1.29 is 19.4 Å². The number of benzene rings is 1. The van der Waals surface area contributed by atoms with Crippen LogP contribution in [0.2, 0.25) is 0 Å². The molecule has 2 N–H and O–H groups in total. The molecule has 1 saturated heterocycles. The molecule has 1 aliphatic heterocycles. The number of carbonyl (C=O) groups is 2. The van der Waals surface area contributed by atoms with Crippen LogP contribution in [-0.2, 0) is 14.3 Å². The van der Waals surface area contributed by atoms with Crippen LogP contribution >= 0.6 is 0 Å². The van der Waals surface area contributed by atoms with Gasteiger partial charge in [-0.1, -0.05) is 29.9 Å². The summed E-state index contributed by atoms with van der Waals surface area (Å²) in [5, 5.41) is 13.0. The monoisotopic (exact) mass is 356 g/mol. The molecule has 6 nitrogen and oxygen atoms in total. The van der Waals surface area contributed by atoms with Gasteiger partial charge in [-0.25, -0.2) is 0 Å². The summed E-state index contributed by atoms with van der Waals surface area (Å²) >= 11 is 0. The highest BCUT2D eigenvalue weighted by molar-refractivity contribution is 5.99. The lowest BCUT2D eigenvalue weighted by atomic mass is 9.75. The van der Waals surface area contributed by atoms with Crippen molar-refractivity contribution >= 4 is 23.1 Å². The fraction of sp³-hybridized carbons (Fsp3) is 0.400. The van der Waals surface area contributed by atoms with Crippen LogP contribution in [0.25, 0.3) is 0 Å². The van der Waals surface area contributed by atoms with E-state index in [1.54, 1.807) is 18.2 Å². The molecular weight excluding hydrogens is 332 g/mol. The smallest absolute Gasteiger partial charge is 0.313 e. The molecule has 2 aliphatic rings. The summed E-state index contributed by atoms with van der Waals surface area (Å²) in [5.74, 6) is -2.23. The van der Waals surface area contributed by atoms with Crippen LogP contribution in [0.5, 0.6) is 0 Å². The number of anilines is 2. The first-order valence-electron chi connectivity index (χ1n) is 8.75. The molecule has 1 aromatic carbocycles. The lowest BCUT2D eigenvalue weighted by Gasteiger charge is -2.39. The Morgan fingerprint density at radius 2 is 1.96 bits per heavy atom. The molecule has 1 heterocycles. The van der Waals surface area contributed by atoms with Crippen molar-refractivity contribution in [1.82, 2.24) is 0 Å². The van der Waals surface area contributed by atoms with Gasteiger partial charge in [0.1, 0.15) is 11.5 Å². The molecule has 3 rings (SSSR count). The number of ketones is 1. The molecule has 1 aliphatic carbocycles. The second-order valence-electron chi connectivity index (χ2n) is 6.73. The van der Waals surface area contributed by atoms with Crippen molar-refractivity contribution in [3.63, 3.8) is 0 Å². The maximum absolute atomic E-state index is 12.6. The molecule has 138 valence electrons. The number of carboxylic acids is 1. The van der Waals surface area contributed by atoms with Crippen LogP contribution < -0.4 is 10.2 Å². The van der Waals surface area contributed by atoms with Crippen molar-refractivity contribution in [3.05, 3.63) is 48.1 Å². The van der Waals surface area contributed by atoms with E-state index in [9.17, 15) is 14.7 Å². The zero-order valence-corrected chi connectivity index (χ0v) is 15.1. The number of nitrogens with zero attached hydrogens (tertiary/aromatic N) is 1. The topological polar surface area (TPSA) is 78.9 Å². The lowest BCUT2D eigenvalue weighted by Crippen LogP contribution is -2.53. The van der Waals surface area contributed by atoms with Gasteiger partial charge in [-0.15, -0.1) is 0 Å². The third-order valence-corrected chi connectivity index (χ3v) is 4.94. The molecule has 26 heavy (non-hydrogen) atoms. The summed E-state index contributed by atoms with van der Waals surface area (Å²) in [6.45, 7) is 6.09. The van der Waals surface area contributed by atoms with Crippen LogP contribution in [0.3, 0.4) is 0 Å². The fourth-order valence-electron chi connectivity index (χ4n) is 3.58. The normalized spacial score (nSPS) is 25.5. The van der Waals surface area contributed by atoms with Crippen molar-refractivity contribution in [2.45, 2.75) is 19.4 Å². The number of allylic oxidation sites excluding steroid dienone is 2. The Kier molecular flexibility index (Phi) is 5.13. The second kappa shape index (κ2) is 7.33. The van der Waals surface area contributed by atoms with Crippen LogP contribution in [0.1, 0.15) is 13.8 Å². The Labute approximate surface area is 153 Å². The highest BCUT2D eigenvalue weighted by atomic mass is 16.5. The molecule has 1 aromatic rings. The van der Waals surface area contributed by atoms with E-state index in [0.717, 1.165) is 30.0 Å². The highest BCUT2D eigenvalue weighted by Gasteiger charge is 2.46. The van der Waals surface area contributed by atoms with E-state index in [2.05, 4.69) is 10.2 Å². The van der Waals surface area contributed by atoms with Crippen LogP contribution in [0.15, 0.2) is 48.1 Å². The molecule has 0 amide bonds.